The third-order valence-electron chi connectivity index (χ3n) is 5.41. The van der Waals surface area contributed by atoms with Crippen LogP contribution in [0.15, 0.2) is 59.5 Å². The summed E-state index contributed by atoms with van der Waals surface area (Å²) in [5.41, 5.74) is 0.387. The highest BCUT2D eigenvalue weighted by Crippen LogP contribution is 2.34. The van der Waals surface area contributed by atoms with Crippen molar-refractivity contribution >= 4 is 34.0 Å². The molecule has 0 aliphatic rings. The van der Waals surface area contributed by atoms with E-state index in [-0.39, 0.29) is 22.8 Å². The molecule has 1 amide bonds. The molecule has 10 heteroatoms. The summed E-state index contributed by atoms with van der Waals surface area (Å²) in [6.07, 6.45) is -3.01. The number of anilines is 1. The monoisotopic (exact) mass is 474 g/mol. The number of alkyl halides is 3. The largest absolute Gasteiger partial charge is 0.416 e. The molecule has 0 saturated heterocycles. The number of benzene rings is 2. The second-order valence-electron chi connectivity index (χ2n) is 7.48. The fourth-order valence-corrected chi connectivity index (χ4v) is 3.90. The van der Waals surface area contributed by atoms with E-state index < -0.39 is 17.6 Å². The molecular formula is C23H18ClF3N4O2. The molecule has 6 nitrogen and oxygen atoms in total. The van der Waals surface area contributed by atoms with Crippen LogP contribution in [0, 0.1) is 13.8 Å². The Morgan fingerprint density at radius 2 is 1.79 bits per heavy atom. The number of nitrogens with one attached hydrogen (secondary N) is 1. The molecule has 2 heterocycles. The first-order chi connectivity index (χ1) is 15.6. The number of hydrogen-bond acceptors (Lipinski definition) is 3. The molecule has 170 valence electrons. The van der Waals surface area contributed by atoms with E-state index >= 15 is 0 Å². The number of aryl methyl sites for hydroxylation is 2. The van der Waals surface area contributed by atoms with Crippen LogP contribution in [0.1, 0.15) is 17.0 Å². The number of para-hydroxylation sites is 1. The van der Waals surface area contributed by atoms with Gasteiger partial charge in [-0.1, -0.05) is 29.8 Å². The van der Waals surface area contributed by atoms with Gasteiger partial charge in [0.1, 0.15) is 6.54 Å². The molecule has 4 rings (SSSR count). The molecule has 0 spiro atoms. The number of fused-ring (bicyclic) bond motifs is 1. The Morgan fingerprint density at radius 1 is 1.09 bits per heavy atom. The van der Waals surface area contributed by atoms with Crippen LogP contribution < -0.4 is 10.9 Å². The lowest BCUT2D eigenvalue weighted by Crippen LogP contribution is -2.22. The predicted octanol–water partition coefficient (Wildman–Crippen LogP) is 5.11. The van der Waals surface area contributed by atoms with Gasteiger partial charge in [0.25, 0.3) is 5.56 Å². The zero-order valence-electron chi connectivity index (χ0n) is 17.6. The Bertz CT molecular complexity index is 1430. The van der Waals surface area contributed by atoms with Gasteiger partial charge in [0.2, 0.25) is 5.91 Å². The quantitative estimate of drug-likeness (QED) is 0.446. The van der Waals surface area contributed by atoms with E-state index in [1.165, 1.54) is 4.68 Å². The minimum atomic E-state index is -4.57. The number of carbonyl (C=O) groups excluding carboxylic acids is 1. The second kappa shape index (κ2) is 8.40. The Morgan fingerprint density at radius 3 is 2.45 bits per heavy atom. The van der Waals surface area contributed by atoms with E-state index in [4.69, 9.17) is 11.6 Å². The van der Waals surface area contributed by atoms with Gasteiger partial charge in [-0.3, -0.25) is 9.59 Å². The molecule has 2 aromatic carbocycles. The van der Waals surface area contributed by atoms with Crippen LogP contribution >= 0.6 is 11.6 Å². The molecule has 2 aromatic heterocycles. The van der Waals surface area contributed by atoms with Crippen molar-refractivity contribution < 1.29 is 18.0 Å². The third-order valence-corrected chi connectivity index (χ3v) is 5.74. The summed E-state index contributed by atoms with van der Waals surface area (Å²) < 4.78 is 41.9. The van der Waals surface area contributed by atoms with E-state index in [2.05, 4.69) is 10.4 Å². The maximum absolute atomic E-state index is 13.1. The van der Waals surface area contributed by atoms with E-state index in [0.717, 1.165) is 18.2 Å². The van der Waals surface area contributed by atoms with Crippen molar-refractivity contribution in [2.24, 2.45) is 0 Å². The van der Waals surface area contributed by atoms with Gasteiger partial charge >= 0.3 is 6.18 Å². The Hall–Kier alpha value is -3.59. The zero-order chi connectivity index (χ0) is 23.9. The van der Waals surface area contributed by atoms with Gasteiger partial charge in [0, 0.05) is 16.8 Å². The SMILES string of the molecule is Cc1c2cnn(-c3ccccc3)c(=O)c2c(C)n1CC(=O)Nc1cc(C(F)(F)F)ccc1Cl. The van der Waals surface area contributed by atoms with Crippen LogP contribution in [-0.2, 0) is 17.5 Å². The number of carbonyl (C=O) groups is 1. The Kier molecular flexibility index (Phi) is 5.75. The fraction of sp³-hybridized carbons (Fsp3) is 0.174. The number of nitrogens with zero attached hydrogens (tertiary/aromatic N) is 3. The number of halogens is 4. The summed E-state index contributed by atoms with van der Waals surface area (Å²) in [5, 5.41) is 7.67. The smallest absolute Gasteiger partial charge is 0.338 e. The number of rotatable bonds is 4. The minimum Gasteiger partial charge on any atom is -0.338 e. The summed E-state index contributed by atoms with van der Waals surface area (Å²) >= 11 is 5.98. The molecule has 0 aliphatic heterocycles. The first-order valence-electron chi connectivity index (χ1n) is 9.87. The van der Waals surface area contributed by atoms with Crippen molar-refractivity contribution in [1.29, 1.82) is 0 Å². The van der Waals surface area contributed by atoms with Crippen molar-refractivity contribution in [2.75, 3.05) is 5.32 Å². The van der Waals surface area contributed by atoms with Gasteiger partial charge < -0.3 is 9.88 Å². The lowest BCUT2D eigenvalue weighted by atomic mass is 10.2. The Labute approximate surface area is 191 Å². The van der Waals surface area contributed by atoms with Gasteiger partial charge in [0.15, 0.2) is 0 Å². The summed E-state index contributed by atoms with van der Waals surface area (Å²) in [6, 6.07) is 11.6. The fourth-order valence-electron chi connectivity index (χ4n) is 3.73. The maximum Gasteiger partial charge on any atom is 0.416 e. The van der Waals surface area contributed by atoms with E-state index in [0.29, 0.717) is 27.8 Å². The molecule has 0 aliphatic carbocycles. The van der Waals surface area contributed by atoms with Crippen LogP contribution in [0.25, 0.3) is 16.5 Å². The van der Waals surface area contributed by atoms with Crippen LogP contribution in [0.2, 0.25) is 5.02 Å². The van der Waals surface area contributed by atoms with Gasteiger partial charge in [-0.15, -0.1) is 0 Å². The molecule has 33 heavy (non-hydrogen) atoms. The van der Waals surface area contributed by atoms with Crippen molar-refractivity contribution in [2.45, 2.75) is 26.6 Å². The average Bonchev–Trinajstić information content (AvgIpc) is 3.00. The average molecular weight is 475 g/mol. The topological polar surface area (TPSA) is 68.9 Å². The molecule has 0 radical (unpaired) electrons. The van der Waals surface area contributed by atoms with Gasteiger partial charge in [-0.05, 0) is 44.2 Å². The standard InChI is InChI=1S/C23H18ClF3N4O2/c1-13-17-11-28-31(16-6-4-3-5-7-16)22(33)21(17)14(2)30(13)12-20(32)29-19-10-15(23(25,26)27)8-9-18(19)24/h3-11H,12H2,1-2H3,(H,29,32). The van der Waals surface area contributed by atoms with Crippen LogP contribution in [-0.4, -0.2) is 20.3 Å². The van der Waals surface area contributed by atoms with Gasteiger partial charge in [0.05, 0.1) is 33.5 Å². The summed E-state index contributed by atoms with van der Waals surface area (Å²) in [5.74, 6) is -0.584. The number of aromatic nitrogens is 3. The van der Waals surface area contributed by atoms with Crippen LogP contribution in [0.4, 0.5) is 18.9 Å². The molecule has 4 aromatic rings. The normalized spacial score (nSPS) is 11.7. The van der Waals surface area contributed by atoms with E-state index in [9.17, 15) is 22.8 Å². The van der Waals surface area contributed by atoms with Crippen LogP contribution in [0.3, 0.4) is 0 Å². The van der Waals surface area contributed by atoms with E-state index in [1.807, 2.05) is 6.07 Å². The maximum atomic E-state index is 13.1. The van der Waals surface area contributed by atoms with Crippen molar-refractivity contribution in [3.8, 4) is 5.69 Å². The molecule has 0 saturated carbocycles. The van der Waals surface area contributed by atoms with Gasteiger partial charge in [-0.2, -0.15) is 23.0 Å². The molecule has 1 N–H and O–H groups in total. The first kappa shape index (κ1) is 22.6. The van der Waals surface area contributed by atoms with Crippen molar-refractivity contribution in [3.05, 3.63) is 87.1 Å². The van der Waals surface area contributed by atoms with Crippen molar-refractivity contribution in [3.63, 3.8) is 0 Å². The summed E-state index contributed by atoms with van der Waals surface area (Å²) in [6.45, 7) is 3.23. The number of hydrogen-bond donors (Lipinski definition) is 1. The predicted molar refractivity (Wildman–Crippen MR) is 120 cm³/mol. The lowest BCUT2D eigenvalue weighted by molar-refractivity contribution is -0.137. The van der Waals surface area contributed by atoms with Crippen molar-refractivity contribution in [1.82, 2.24) is 14.3 Å². The van der Waals surface area contributed by atoms with E-state index in [1.54, 1.807) is 48.9 Å². The minimum absolute atomic E-state index is 0.0163. The highest BCUT2D eigenvalue weighted by molar-refractivity contribution is 6.33. The second-order valence-corrected chi connectivity index (χ2v) is 7.89. The molecular weight excluding hydrogens is 457 g/mol. The zero-order valence-corrected chi connectivity index (χ0v) is 18.3. The number of amides is 1. The third kappa shape index (κ3) is 4.23. The highest BCUT2D eigenvalue weighted by Gasteiger charge is 2.31. The van der Waals surface area contributed by atoms with Crippen LogP contribution in [0.5, 0.6) is 0 Å². The summed E-state index contributed by atoms with van der Waals surface area (Å²) in [7, 11) is 0. The first-order valence-corrected chi connectivity index (χ1v) is 10.3. The highest BCUT2D eigenvalue weighted by atomic mass is 35.5. The summed E-state index contributed by atoms with van der Waals surface area (Å²) in [4.78, 5) is 25.8. The molecule has 0 fully saturated rings. The molecule has 0 bridgehead atoms. The molecule has 0 atom stereocenters. The Balaban J connectivity index is 1.68. The van der Waals surface area contributed by atoms with Gasteiger partial charge in [-0.25, -0.2) is 0 Å². The molecule has 0 unspecified atom stereocenters. The lowest BCUT2D eigenvalue weighted by Gasteiger charge is -2.13.